The number of para-hydroxylation sites is 2. The minimum atomic E-state index is -0.0362. The van der Waals surface area contributed by atoms with Gasteiger partial charge >= 0.3 is 5.69 Å². The number of carbonyl (C=O) groups excluding carboxylic acids is 1. The van der Waals surface area contributed by atoms with Gasteiger partial charge in [0.05, 0.1) is 11.0 Å². The molecule has 1 aliphatic heterocycles. The Hall–Kier alpha value is -3.20. The van der Waals surface area contributed by atoms with E-state index in [2.05, 4.69) is 32.0 Å². The summed E-state index contributed by atoms with van der Waals surface area (Å²) >= 11 is 0. The number of rotatable bonds is 10. The first-order chi connectivity index (χ1) is 16.2. The van der Waals surface area contributed by atoms with E-state index in [1.54, 1.807) is 21.5 Å². The summed E-state index contributed by atoms with van der Waals surface area (Å²) in [4.78, 5) is 38.5. The van der Waals surface area contributed by atoms with Crippen LogP contribution < -0.4 is 15.9 Å². The van der Waals surface area contributed by atoms with Gasteiger partial charge < -0.3 is 10.2 Å². The van der Waals surface area contributed by atoms with E-state index in [0.29, 0.717) is 26.1 Å². The highest BCUT2D eigenvalue weighted by Crippen LogP contribution is 2.14. The molecule has 0 aliphatic carbocycles. The second-order valence-electron chi connectivity index (χ2n) is 8.41. The monoisotopic (exact) mass is 451 g/mol. The van der Waals surface area contributed by atoms with E-state index in [1.807, 2.05) is 30.3 Å². The third kappa shape index (κ3) is 5.60. The number of hydrogen-bond acceptors (Lipinski definition) is 6. The maximum Gasteiger partial charge on any atom is 0.329 e. The normalized spacial score (nSPS) is 14.6. The van der Waals surface area contributed by atoms with Crippen molar-refractivity contribution in [3.8, 4) is 0 Å². The fourth-order valence-electron chi connectivity index (χ4n) is 4.39. The van der Waals surface area contributed by atoms with Gasteiger partial charge in [0.1, 0.15) is 0 Å². The van der Waals surface area contributed by atoms with Crippen molar-refractivity contribution in [3.05, 3.63) is 53.2 Å². The van der Waals surface area contributed by atoms with Gasteiger partial charge in [-0.2, -0.15) is 0 Å². The van der Waals surface area contributed by atoms with E-state index in [1.165, 1.54) is 0 Å². The van der Waals surface area contributed by atoms with E-state index in [9.17, 15) is 9.59 Å². The lowest BCUT2D eigenvalue weighted by Gasteiger charge is -2.34. The van der Waals surface area contributed by atoms with Crippen molar-refractivity contribution in [3.63, 3.8) is 0 Å². The molecule has 33 heavy (non-hydrogen) atoms. The molecule has 0 unspecified atom stereocenters. The van der Waals surface area contributed by atoms with Gasteiger partial charge in [-0.15, -0.1) is 0 Å². The highest BCUT2D eigenvalue weighted by atomic mass is 16.2. The van der Waals surface area contributed by atoms with Crippen LogP contribution in [0.25, 0.3) is 11.0 Å². The highest BCUT2D eigenvalue weighted by molar-refractivity contribution is 5.78. The Morgan fingerprint density at radius 2 is 1.61 bits per heavy atom. The fourth-order valence-corrected chi connectivity index (χ4v) is 4.39. The second kappa shape index (κ2) is 11.1. The molecule has 0 radical (unpaired) electrons. The Labute approximate surface area is 194 Å². The van der Waals surface area contributed by atoms with Crippen molar-refractivity contribution in [1.29, 1.82) is 0 Å². The Morgan fingerprint density at radius 3 is 2.27 bits per heavy atom. The average Bonchev–Trinajstić information content (AvgIpc) is 3.12. The van der Waals surface area contributed by atoms with Crippen LogP contribution in [0.15, 0.2) is 47.5 Å². The molecular formula is C24H33N7O2. The van der Waals surface area contributed by atoms with E-state index < -0.39 is 0 Å². The van der Waals surface area contributed by atoms with Gasteiger partial charge in [0.2, 0.25) is 11.9 Å². The molecule has 0 bridgehead atoms. The predicted molar refractivity (Wildman–Crippen MR) is 129 cm³/mol. The zero-order valence-electron chi connectivity index (χ0n) is 19.3. The quantitative estimate of drug-likeness (QED) is 0.472. The van der Waals surface area contributed by atoms with Crippen LogP contribution in [-0.4, -0.2) is 69.2 Å². The van der Waals surface area contributed by atoms with E-state index >= 15 is 0 Å². The van der Waals surface area contributed by atoms with Gasteiger partial charge in [0, 0.05) is 64.6 Å². The molecule has 1 aromatic carbocycles. The maximum atomic E-state index is 12.8. The van der Waals surface area contributed by atoms with Crippen molar-refractivity contribution < 1.29 is 4.79 Å². The van der Waals surface area contributed by atoms with Gasteiger partial charge in [-0.05, 0) is 37.6 Å². The number of piperazine rings is 1. The molecule has 0 saturated carbocycles. The smallest absolute Gasteiger partial charge is 0.329 e. The molecule has 1 N–H and O–H groups in total. The largest absolute Gasteiger partial charge is 0.356 e. The van der Waals surface area contributed by atoms with E-state index in [-0.39, 0.29) is 11.6 Å². The minimum absolute atomic E-state index is 0.0136. The minimum Gasteiger partial charge on any atom is -0.356 e. The summed E-state index contributed by atoms with van der Waals surface area (Å²) in [6.45, 7) is 8.50. The van der Waals surface area contributed by atoms with Crippen LogP contribution in [0.4, 0.5) is 5.95 Å². The molecule has 4 rings (SSSR count). The Bertz CT molecular complexity index is 1100. The number of carbonyl (C=O) groups is 1. The molecule has 2 aromatic heterocycles. The first-order valence-electron chi connectivity index (χ1n) is 11.9. The predicted octanol–water partition coefficient (Wildman–Crippen LogP) is 1.72. The molecule has 9 heteroatoms. The summed E-state index contributed by atoms with van der Waals surface area (Å²) in [6.07, 6.45) is 5.65. The molecule has 1 amide bonds. The topological polar surface area (TPSA) is 88.3 Å². The lowest BCUT2D eigenvalue weighted by atomic mass is 10.3. The number of imidazole rings is 1. The maximum absolute atomic E-state index is 12.8. The van der Waals surface area contributed by atoms with Crippen LogP contribution in [-0.2, 0) is 17.9 Å². The summed E-state index contributed by atoms with van der Waals surface area (Å²) in [5.74, 6) is 0.779. The summed E-state index contributed by atoms with van der Waals surface area (Å²) in [5, 5.41) is 3.01. The summed E-state index contributed by atoms with van der Waals surface area (Å²) in [6, 6.07) is 9.62. The van der Waals surface area contributed by atoms with Crippen LogP contribution in [0.5, 0.6) is 0 Å². The third-order valence-corrected chi connectivity index (χ3v) is 6.12. The van der Waals surface area contributed by atoms with Crippen molar-refractivity contribution in [2.45, 2.75) is 39.3 Å². The molecule has 0 atom stereocenters. The summed E-state index contributed by atoms with van der Waals surface area (Å²) in [5.41, 5.74) is 1.79. The molecule has 3 heterocycles. The number of amides is 1. The van der Waals surface area contributed by atoms with Gasteiger partial charge in [0.15, 0.2) is 0 Å². The molecule has 3 aromatic rings. The molecule has 9 nitrogen and oxygen atoms in total. The zero-order valence-corrected chi connectivity index (χ0v) is 19.3. The van der Waals surface area contributed by atoms with Gasteiger partial charge in [-0.3, -0.25) is 18.8 Å². The standard InChI is InChI=1S/C24H33N7O2/c1-2-13-30-20-7-3-4-8-21(20)31(24(30)33)15-9-22(32)25-12-6-14-28-16-18-29(19-17-28)23-26-10-5-11-27-23/h3-5,7-8,10-11H,2,6,9,12-19H2,1H3,(H,25,32). The van der Waals surface area contributed by atoms with Crippen LogP contribution >= 0.6 is 0 Å². The van der Waals surface area contributed by atoms with Crippen molar-refractivity contribution in [2.75, 3.05) is 44.2 Å². The number of hydrogen-bond donors (Lipinski definition) is 1. The summed E-state index contributed by atoms with van der Waals surface area (Å²) in [7, 11) is 0. The molecule has 176 valence electrons. The number of benzene rings is 1. The Kier molecular flexibility index (Phi) is 7.72. The molecule has 1 saturated heterocycles. The highest BCUT2D eigenvalue weighted by Gasteiger charge is 2.18. The second-order valence-corrected chi connectivity index (χ2v) is 8.41. The molecule has 1 fully saturated rings. The van der Waals surface area contributed by atoms with E-state index in [0.717, 1.165) is 62.5 Å². The van der Waals surface area contributed by atoms with Gasteiger partial charge in [-0.1, -0.05) is 19.1 Å². The number of aryl methyl sites for hydroxylation is 2. The van der Waals surface area contributed by atoms with Crippen molar-refractivity contribution in [2.24, 2.45) is 0 Å². The van der Waals surface area contributed by atoms with Gasteiger partial charge in [-0.25, -0.2) is 14.8 Å². The first kappa shape index (κ1) is 23.0. The number of nitrogens with one attached hydrogen (secondary N) is 1. The SMILES string of the molecule is CCCn1c(=O)n(CCC(=O)NCCCN2CCN(c3ncccn3)CC2)c2ccccc21. The van der Waals surface area contributed by atoms with Crippen LogP contribution in [0.3, 0.4) is 0 Å². The van der Waals surface area contributed by atoms with Gasteiger partial charge in [0.25, 0.3) is 0 Å². The zero-order chi connectivity index (χ0) is 23.0. The molecule has 0 spiro atoms. The Morgan fingerprint density at radius 1 is 0.939 bits per heavy atom. The Balaban J connectivity index is 1.18. The third-order valence-electron chi connectivity index (χ3n) is 6.12. The molecular weight excluding hydrogens is 418 g/mol. The van der Waals surface area contributed by atoms with Crippen molar-refractivity contribution in [1.82, 2.24) is 29.3 Å². The van der Waals surface area contributed by atoms with Crippen LogP contribution in [0.1, 0.15) is 26.2 Å². The van der Waals surface area contributed by atoms with E-state index in [4.69, 9.17) is 0 Å². The number of nitrogens with zero attached hydrogens (tertiary/aromatic N) is 6. The molecule has 1 aliphatic rings. The number of anilines is 1. The summed E-state index contributed by atoms with van der Waals surface area (Å²) < 4.78 is 3.53. The first-order valence-corrected chi connectivity index (χ1v) is 11.9. The lowest BCUT2D eigenvalue weighted by Crippen LogP contribution is -2.47. The fraction of sp³-hybridized carbons (Fsp3) is 0.500. The lowest BCUT2D eigenvalue weighted by molar-refractivity contribution is -0.121. The van der Waals surface area contributed by atoms with Crippen molar-refractivity contribution >= 4 is 22.9 Å². The number of fused-ring (bicyclic) bond motifs is 1. The average molecular weight is 452 g/mol. The van der Waals surface area contributed by atoms with Crippen LogP contribution in [0, 0.1) is 0 Å². The number of aromatic nitrogens is 4. The van der Waals surface area contributed by atoms with Crippen LogP contribution in [0.2, 0.25) is 0 Å².